The number of benzene rings is 1. The average Bonchev–Trinajstić information content (AvgIpc) is 2.65. The predicted octanol–water partition coefficient (Wildman–Crippen LogP) is 0.802. The molecule has 3 rings (SSSR count). The van der Waals surface area contributed by atoms with Crippen molar-refractivity contribution >= 4 is 22.0 Å². The van der Waals surface area contributed by atoms with E-state index in [4.69, 9.17) is 4.74 Å². The van der Waals surface area contributed by atoms with E-state index < -0.39 is 27.8 Å². The number of rotatable bonds is 4. The molecule has 0 saturated carbocycles. The van der Waals surface area contributed by atoms with Crippen LogP contribution in [-0.2, 0) is 21.2 Å². The Hall–Kier alpha value is -2.17. The first-order valence-electron chi connectivity index (χ1n) is 10.1. The molecule has 30 heavy (non-hydrogen) atoms. The van der Waals surface area contributed by atoms with Crippen molar-refractivity contribution in [2.75, 3.05) is 39.8 Å². The summed E-state index contributed by atoms with van der Waals surface area (Å²) in [6.07, 6.45) is 0.0942. The minimum Gasteiger partial charge on any atom is -0.444 e. The zero-order valence-corrected chi connectivity index (χ0v) is 18.7. The Bertz CT molecular complexity index is 926. The van der Waals surface area contributed by atoms with Crippen LogP contribution in [0.3, 0.4) is 0 Å². The van der Waals surface area contributed by atoms with E-state index in [1.165, 1.54) is 10.4 Å². The molecule has 166 valence electrons. The van der Waals surface area contributed by atoms with Gasteiger partial charge in [0.2, 0.25) is 10.0 Å². The molecule has 10 heteroatoms. The van der Waals surface area contributed by atoms with Crippen molar-refractivity contribution in [3.05, 3.63) is 29.3 Å². The van der Waals surface area contributed by atoms with Crippen molar-refractivity contribution in [2.24, 2.45) is 0 Å². The van der Waals surface area contributed by atoms with Gasteiger partial charge < -0.3 is 20.3 Å². The van der Waals surface area contributed by atoms with Gasteiger partial charge in [0.15, 0.2) is 0 Å². The molecule has 2 aliphatic heterocycles. The van der Waals surface area contributed by atoms with Crippen LogP contribution in [0.5, 0.6) is 0 Å². The molecule has 1 saturated heterocycles. The van der Waals surface area contributed by atoms with Crippen LogP contribution in [0.4, 0.5) is 4.79 Å². The van der Waals surface area contributed by atoms with E-state index in [0.717, 1.165) is 5.56 Å². The molecule has 1 aromatic rings. The highest BCUT2D eigenvalue weighted by Crippen LogP contribution is 2.25. The number of hydrogen-bond donors (Lipinski definition) is 2. The topological polar surface area (TPSA) is 108 Å². The van der Waals surface area contributed by atoms with Gasteiger partial charge in [-0.3, -0.25) is 4.79 Å². The van der Waals surface area contributed by atoms with Crippen molar-refractivity contribution in [2.45, 2.75) is 43.7 Å². The van der Waals surface area contributed by atoms with E-state index in [0.29, 0.717) is 38.2 Å². The van der Waals surface area contributed by atoms with E-state index in [2.05, 4.69) is 10.6 Å². The molecule has 2 aliphatic rings. The number of nitrogens with one attached hydrogen (secondary N) is 2. The lowest BCUT2D eigenvalue weighted by Gasteiger charge is -2.39. The number of piperazine rings is 1. The number of fused-ring (bicyclic) bond motifs is 1. The van der Waals surface area contributed by atoms with Crippen molar-refractivity contribution in [1.29, 1.82) is 0 Å². The number of amides is 2. The second-order valence-electron chi connectivity index (χ2n) is 8.74. The summed E-state index contributed by atoms with van der Waals surface area (Å²) in [7, 11) is -1.93. The summed E-state index contributed by atoms with van der Waals surface area (Å²) >= 11 is 0. The Morgan fingerprint density at radius 3 is 2.73 bits per heavy atom. The first-order chi connectivity index (χ1) is 14.0. The van der Waals surface area contributed by atoms with Crippen molar-refractivity contribution in [3.63, 3.8) is 0 Å². The van der Waals surface area contributed by atoms with Crippen LogP contribution in [0.2, 0.25) is 0 Å². The van der Waals surface area contributed by atoms with Crippen LogP contribution in [0.25, 0.3) is 0 Å². The Morgan fingerprint density at radius 1 is 1.30 bits per heavy atom. The third-order valence-corrected chi connectivity index (χ3v) is 7.07. The molecule has 0 aliphatic carbocycles. The Labute approximate surface area is 177 Å². The first kappa shape index (κ1) is 22.5. The molecule has 1 fully saturated rings. The molecule has 0 unspecified atom stereocenters. The lowest BCUT2D eigenvalue weighted by molar-refractivity contribution is 0.0502. The summed E-state index contributed by atoms with van der Waals surface area (Å²) in [5.74, 6) is -0.255. The second kappa shape index (κ2) is 8.52. The number of carbonyl (C=O) groups excluding carboxylic acids is 2. The monoisotopic (exact) mass is 438 g/mol. The molecular weight excluding hydrogens is 408 g/mol. The molecule has 1 atom stereocenters. The van der Waals surface area contributed by atoms with E-state index in [9.17, 15) is 18.0 Å². The maximum absolute atomic E-state index is 13.4. The third kappa shape index (κ3) is 5.11. The summed E-state index contributed by atoms with van der Waals surface area (Å²) in [5.41, 5.74) is 0.613. The van der Waals surface area contributed by atoms with Crippen molar-refractivity contribution < 1.29 is 22.7 Å². The van der Waals surface area contributed by atoms with E-state index in [1.54, 1.807) is 32.9 Å². The smallest absolute Gasteiger partial charge is 0.407 e. The predicted molar refractivity (Wildman–Crippen MR) is 112 cm³/mol. The summed E-state index contributed by atoms with van der Waals surface area (Å²) in [6, 6.07) is 4.27. The van der Waals surface area contributed by atoms with Crippen LogP contribution in [0.15, 0.2) is 23.1 Å². The van der Waals surface area contributed by atoms with Crippen molar-refractivity contribution in [1.82, 2.24) is 19.8 Å². The molecule has 0 bridgehead atoms. The van der Waals surface area contributed by atoms with Gasteiger partial charge in [-0.05, 0) is 51.9 Å². The van der Waals surface area contributed by atoms with Crippen LogP contribution in [-0.4, -0.2) is 81.0 Å². The number of ether oxygens (including phenoxy) is 1. The molecule has 2 heterocycles. The normalized spacial score (nSPS) is 20.9. The molecular formula is C20H30N4O5S. The number of alkyl carbamates (subject to hydrolysis) is 1. The van der Waals surface area contributed by atoms with Gasteiger partial charge in [0.25, 0.3) is 5.91 Å². The SMILES string of the molecule is CN1CCN(S(=O)(=O)c2ccc3c(c2)C(=O)NCC3)[C@@H](CNC(=O)OC(C)(C)C)C1. The van der Waals surface area contributed by atoms with Gasteiger partial charge in [-0.2, -0.15) is 4.31 Å². The van der Waals surface area contributed by atoms with Crippen LogP contribution >= 0.6 is 0 Å². The fourth-order valence-corrected chi connectivity index (χ4v) is 5.31. The molecule has 9 nitrogen and oxygen atoms in total. The zero-order chi connectivity index (χ0) is 22.1. The number of nitrogens with zero attached hydrogens (tertiary/aromatic N) is 2. The summed E-state index contributed by atoms with van der Waals surface area (Å²) in [6.45, 7) is 7.33. The van der Waals surface area contributed by atoms with E-state index in [1.807, 2.05) is 11.9 Å². The fraction of sp³-hybridized carbons (Fsp3) is 0.600. The number of carbonyl (C=O) groups is 2. The lowest BCUT2D eigenvalue weighted by Crippen LogP contribution is -2.57. The number of likely N-dealkylation sites (N-methyl/N-ethyl adjacent to an activating group) is 1. The standard InChI is InChI=1S/C20H30N4O5S/c1-20(2,3)29-19(26)22-12-15-13-23(4)9-10-24(15)30(27,28)16-6-5-14-7-8-21-18(25)17(14)11-16/h5-6,11,15H,7-10,12-13H2,1-4H3,(H,21,25)(H,22,26)/t15-/m0/s1. The van der Waals surface area contributed by atoms with Crippen molar-refractivity contribution in [3.8, 4) is 0 Å². The van der Waals surface area contributed by atoms with E-state index >= 15 is 0 Å². The molecule has 2 amide bonds. The van der Waals surface area contributed by atoms with Gasteiger partial charge in [0.05, 0.1) is 10.9 Å². The summed E-state index contributed by atoms with van der Waals surface area (Å²) in [4.78, 5) is 26.3. The number of sulfonamides is 1. The van der Waals surface area contributed by atoms with Gasteiger partial charge in [0.1, 0.15) is 5.60 Å². The van der Waals surface area contributed by atoms with Gasteiger partial charge >= 0.3 is 6.09 Å². The minimum atomic E-state index is -3.84. The molecule has 0 aromatic heterocycles. The highest BCUT2D eigenvalue weighted by molar-refractivity contribution is 7.89. The zero-order valence-electron chi connectivity index (χ0n) is 17.9. The Kier molecular flexibility index (Phi) is 6.40. The highest BCUT2D eigenvalue weighted by Gasteiger charge is 2.36. The molecule has 0 radical (unpaired) electrons. The number of hydrogen-bond acceptors (Lipinski definition) is 6. The van der Waals surface area contributed by atoms with Gasteiger partial charge in [0, 0.05) is 38.3 Å². The fourth-order valence-electron chi connectivity index (χ4n) is 3.68. The summed E-state index contributed by atoms with van der Waals surface area (Å²) in [5, 5.41) is 5.43. The third-order valence-electron chi connectivity index (χ3n) is 5.13. The van der Waals surface area contributed by atoms with Gasteiger partial charge in [-0.25, -0.2) is 13.2 Å². The lowest BCUT2D eigenvalue weighted by atomic mass is 10.0. The van der Waals surface area contributed by atoms with Crippen LogP contribution < -0.4 is 10.6 Å². The molecule has 1 aromatic carbocycles. The Balaban J connectivity index is 1.81. The molecule has 0 spiro atoms. The average molecular weight is 439 g/mol. The maximum Gasteiger partial charge on any atom is 0.407 e. The quantitative estimate of drug-likeness (QED) is 0.720. The van der Waals surface area contributed by atoms with Gasteiger partial charge in [-0.15, -0.1) is 0 Å². The second-order valence-corrected chi connectivity index (χ2v) is 10.6. The maximum atomic E-state index is 13.4. The van der Waals surface area contributed by atoms with Gasteiger partial charge in [-0.1, -0.05) is 6.07 Å². The minimum absolute atomic E-state index is 0.0881. The van der Waals surface area contributed by atoms with E-state index in [-0.39, 0.29) is 17.3 Å². The molecule has 2 N–H and O–H groups in total. The van der Waals surface area contributed by atoms with Crippen LogP contribution in [0, 0.1) is 0 Å². The first-order valence-corrected chi connectivity index (χ1v) is 11.5. The Morgan fingerprint density at radius 2 is 2.03 bits per heavy atom. The highest BCUT2D eigenvalue weighted by atomic mass is 32.2. The van der Waals surface area contributed by atoms with Crippen LogP contribution in [0.1, 0.15) is 36.7 Å². The largest absolute Gasteiger partial charge is 0.444 e. The summed E-state index contributed by atoms with van der Waals surface area (Å²) < 4.78 is 33.5.